The molecule has 1 aliphatic rings. The summed E-state index contributed by atoms with van der Waals surface area (Å²) in [6, 6.07) is 38.2. The minimum atomic E-state index is -0.0238. The van der Waals surface area contributed by atoms with E-state index in [-0.39, 0.29) is 11.6 Å². The molecule has 0 spiro atoms. The molecule has 4 aromatic carbocycles. The number of thioether (sulfide) groups is 1. The lowest BCUT2D eigenvalue weighted by Crippen LogP contribution is -2.04. The van der Waals surface area contributed by atoms with Gasteiger partial charge in [0.25, 0.3) is 0 Å². The van der Waals surface area contributed by atoms with Crippen LogP contribution in [0.15, 0.2) is 130 Å². The van der Waals surface area contributed by atoms with E-state index in [1.807, 2.05) is 121 Å². The number of benzene rings is 4. The van der Waals surface area contributed by atoms with Crippen LogP contribution in [0.2, 0.25) is 0 Å². The van der Waals surface area contributed by atoms with E-state index < -0.39 is 0 Å². The molecule has 0 atom stereocenters. The van der Waals surface area contributed by atoms with Gasteiger partial charge in [-0.05, 0) is 32.7 Å². The van der Waals surface area contributed by atoms with Crippen molar-refractivity contribution in [3.8, 4) is 0 Å². The number of hydrogen-bond acceptors (Lipinski definition) is 5. The average Bonchev–Trinajstić information content (AvgIpc) is 3.40. The number of carbonyl (C=O) groups is 2. The molecule has 1 aliphatic heterocycles. The van der Waals surface area contributed by atoms with E-state index in [1.54, 1.807) is 21.6 Å². The lowest BCUT2D eigenvalue weighted by molar-refractivity contribution is 0.104. The third-order valence-corrected chi connectivity index (χ3v) is 9.89. The zero-order chi connectivity index (χ0) is 24.0. The van der Waals surface area contributed by atoms with Gasteiger partial charge in [0.05, 0.1) is 19.6 Å². The standard InChI is InChI=1S/C30H20O2S3/c31-27(23-17-9-3-10-18-23)25(21-13-5-1-6-14-21)29-33-30(35-34-29)26(22-15-7-2-8-16-22)28(32)24-19-11-4-12-20-24/h1-20H. The molecule has 1 fully saturated rings. The van der Waals surface area contributed by atoms with E-state index in [1.165, 1.54) is 11.8 Å². The van der Waals surface area contributed by atoms with Gasteiger partial charge in [0.1, 0.15) is 0 Å². The summed E-state index contributed by atoms with van der Waals surface area (Å²) in [5.41, 5.74) is 4.35. The topological polar surface area (TPSA) is 34.1 Å². The van der Waals surface area contributed by atoms with Crippen molar-refractivity contribution < 1.29 is 9.59 Å². The first kappa shape index (κ1) is 23.5. The average molecular weight is 509 g/mol. The molecule has 2 nitrogen and oxygen atoms in total. The van der Waals surface area contributed by atoms with Crippen LogP contribution in [0.3, 0.4) is 0 Å². The van der Waals surface area contributed by atoms with Crippen molar-refractivity contribution in [3.05, 3.63) is 152 Å². The Morgan fingerprint density at radius 1 is 0.400 bits per heavy atom. The van der Waals surface area contributed by atoms with Crippen molar-refractivity contribution >= 4 is 56.1 Å². The monoisotopic (exact) mass is 508 g/mol. The molecule has 0 aliphatic carbocycles. The van der Waals surface area contributed by atoms with Crippen molar-refractivity contribution in [2.45, 2.75) is 0 Å². The molecular weight excluding hydrogens is 489 g/mol. The summed E-state index contributed by atoms with van der Waals surface area (Å²) in [4.78, 5) is 27.3. The molecular formula is C30H20O2S3. The fourth-order valence-corrected chi connectivity index (χ4v) is 8.38. The summed E-state index contributed by atoms with van der Waals surface area (Å²) in [5, 5.41) is 0. The van der Waals surface area contributed by atoms with Gasteiger partial charge >= 0.3 is 0 Å². The minimum Gasteiger partial charge on any atom is -0.289 e. The normalized spacial score (nSPS) is 16.0. The Bertz CT molecular complexity index is 1300. The summed E-state index contributed by atoms with van der Waals surface area (Å²) < 4.78 is 1.78. The van der Waals surface area contributed by atoms with Crippen LogP contribution < -0.4 is 0 Å². The highest BCUT2D eigenvalue weighted by molar-refractivity contribution is 8.87. The second kappa shape index (κ2) is 11.0. The smallest absolute Gasteiger partial charge is 0.195 e. The van der Waals surface area contributed by atoms with Gasteiger partial charge in [0, 0.05) is 11.1 Å². The van der Waals surface area contributed by atoms with Crippen LogP contribution in [0.25, 0.3) is 11.1 Å². The third kappa shape index (κ3) is 5.22. The maximum atomic E-state index is 13.7. The SMILES string of the molecule is O=C(C(=C1SSC(=C(C(=O)c2ccccc2)c2ccccc2)S1)c1ccccc1)c1ccccc1. The summed E-state index contributed by atoms with van der Waals surface area (Å²) in [5.74, 6) is -0.0476. The number of carbonyl (C=O) groups excluding carboxylic acids is 2. The number of Topliss-reactive ketones (excluding diaryl/α,β-unsaturated/α-hetero) is 2. The summed E-state index contributed by atoms with van der Waals surface area (Å²) in [7, 11) is 3.08. The molecule has 0 aromatic heterocycles. The first-order valence-electron chi connectivity index (χ1n) is 11.0. The quantitative estimate of drug-likeness (QED) is 0.148. The maximum absolute atomic E-state index is 13.7. The highest BCUT2D eigenvalue weighted by Crippen LogP contribution is 2.61. The Labute approximate surface area is 216 Å². The third-order valence-electron chi connectivity index (χ3n) is 5.44. The van der Waals surface area contributed by atoms with Crippen molar-refractivity contribution in [2.75, 3.05) is 0 Å². The van der Waals surface area contributed by atoms with Gasteiger partial charge in [-0.3, -0.25) is 9.59 Å². The number of hydrogen-bond donors (Lipinski definition) is 0. The van der Waals surface area contributed by atoms with E-state index in [0.29, 0.717) is 22.3 Å². The van der Waals surface area contributed by atoms with Gasteiger partial charge in [-0.25, -0.2) is 0 Å². The summed E-state index contributed by atoms with van der Waals surface area (Å²) >= 11 is 1.51. The van der Waals surface area contributed by atoms with Gasteiger partial charge in [0.15, 0.2) is 11.6 Å². The number of rotatable bonds is 6. The van der Waals surface area contributed by atoms with Gasteiger partial charge in [-0.15, -0.1) is 0 Å². The Hall–Kier alpha value is -3.25. The van der Waals surface area contributed by atoms with Crippen LogP contribution in [0.4, 0.5) is 0 Å². The van der Waals surface area contributed by atoms with Crippen LogP contribution in [-0.2, 0) is 0 Å². The van der Waals surface area contributed by atoms with E-state index in [9.17, 15) is 9.59 Å². The zero-order valence-electron chi connectivity index (χ0n) is 18.6. The van der Waals surface area contributed by atoms with Gasteiger partial charge in [-0.2, -0.15) is 0 Å². The molecule has 1 saturated heterocycles. The van der Waals surface area contributed by atoms with Crippen molar-refractivity contribution in [3.63, 3.8) is 0 Å². The lowest BCUT2D eigenvalue weighted by Gasteiger charge is -2.11. The summed E-state index contributed by atoms with van der Waals surface area (Å²) in [6.07, 6.45) is 0. The molecule has 4 aromatic rings. The molecule has 5 heteroatoms. The Morgan fingerprint density at radius 2 is 0.686 bits per heavy atom. The fraction of sp³-hybridized carbons (Fsp3) is 0. The Balaban J connectivity index is 1.63. The van der Waals surface area contributed by atoms with Crippen LogP contribution in [-0.4, -0.2) is 11.6 Å². The first-order chi connectivity index (χ1) is 17.2. The van der Waals surface area contributed by atoms with Gasteiger partial charge < -0.3 is 0 Å². The largest absolute Gasteiger partial charge is 0.289 e. The predicted octanol–water partition coefficient (Wildman–Crippen LogP) is 8.62. The number of ketones is 2. The highest BCUT2D eigenvalue weighted by atomic mass is 33.1. The minimum absolute atomic E-state index is 0.0238. The predicted molar refractivity (Wildman–Crippen MR) is 151 cm³/mol. The van der Waals surface area contributed by atoms with E-state index in [4.69, 9.17) is 0 Å². The second-order valence-electron chi connectivity index (χ2n) is 7.72. The molecule has 1 heterocycles. The molecule has 0 radical (unpaired) electrons. The molecule has 35 heavy (non-hydrogen) atoms. The lowest BCUT2D eigenvalue weighted by atomic mass is 9.98. The molecule has 0 bridgehead atoms. The van der Waals surface area contributed by atoms with Crippen LogP contribution in [0.1, 0.15) is 31.8 Å². The van der Waals surface area contributed by atoms with Crippen molar-refractivity contribution in [1.29, 1.82) is 0 Å². The molecule has 0 amide bonds. The van der Waals surface area contributed by atoms with E-state index in [0.717, 1.165) is 19.6 Å². The molecule has 5 rings (SSSR count). The van der Waals surface area contributed by atoms with Gasteiger partial charge in [-0.1, -0.05) is 133 Å². The zero-order valence-corrected chi connectivity index (χ0v) is 21.0. The van der Waals surface area contributed by atoms with E-state index >= 15 is 0 Å². The van der Waals surface area contributed by atoms with Crippen molar-refractivity contribution in [1.82, 2.24) is 0 Å². The molecule has 0 unspecified atom stereocenters. The van der Waals surface area contributed by atoms with Crippen LogP contribution in [0, 0.1) is 0 Å². The van der Waals surface area contributed by atoms with Crippen LogP contribution in [0.5, 0.6) is 0 Å². The summed E-state index contributed by atoms with van der Waals surface area (Å²) in [6.45, 7) is 0. The molecule has 0 N–H and O–H groups in total. The van der Waals surface area contributed by atoms with Gasteiger partial charge in [0.2, 0.25) is 0 Å². The number of allylic oxidation sites excluding steroid dienone is 2. The Morgan fingerprint density at radius 3 is 1.00 bits per heavy atom. The second-order valence-corrected chi connectivity index (χ2v) is 11.4. The molecule has 0 saturated carbocycles. The van der Waals surface area contributed by atoms with Crippen molar-refractivity contribution in [2.24, 2.45) is 0 Å². The highest BCUT2D eigenvalue weighted by Gasteiger charge is 2.30. The van der Waals surface area contributed by atoms with Crippen LogP contribution >= 0.6 is 33.3 Å². The Kier molecular flexibility index (Phi) is 7.38. The molecule has 170 valence electrons. The maximum Gasteiger partial charge on any atom is 0.195 e. The van der Waals surface area contributed by atoms with E-state index in [2.05, 4.69) is 0 Å². The fourth-order valence-electron chi connectivity index (χ4n) is 3.74. The first-order valence-corrected chi connectivity index (χ1v) is 14.0.